The predicted molar refractivity (Wildman–Crippen MR) is 66.5 cm³/mol. The first-order chi connectivity index (χ1) is 8.13. The van der Waals surface area contributed by atoms with Crippen LogP contribution < -0.4 is 0 Å². The lowest BCUT2D eigenvalue weighted by Crippen LogP contribution is -2.06. The second-order valence-corrected chi connectivity index (χ2v) is 4.38. The Morgan fingerprint density at radius 1 is 1.41 bits per heavy atom. The van der Waals surface area contributed by atoms with Gasteiger partial charge in [-0.3, -0.25) is 9.67 Å². The standard InChI is InChI=1S/C13H17N3O/c1-9(2)16-12(7-10(3)15-16)13-11(8-17)5-4-6-14-13/h4-7,9,17H,8H2,1-3H3. The topological polar surface area (TPSA) is 50.9 Å². The molecule has 1 N–H and O–H groups in total. The van der Waals surface area contributed by atoms with Gasteiger partial charge >= 0.3 is 0 Å². The lowest BCUT2D eigenvalue weighted by Gasteiger charge is -2.12. The van der Waals surface area contributed by atoms with E-state index in [-0.39, 0.29) is 12.6 Å². The molecule has 90 valence electrons. The van der Waals surface area contributed by atoms with E-state index in [2.05, 4.69) is 23.9 Å². The molecule has 0 radical (unpaired) electrons. The molecule has 0 fully saturated rings. The summed E-state index contributed by atoms with van der Waals surface area (Å²) in [7, 11) is 0. The Morgan fingerprint density at radius 2 is 2.18 bits per heavy atom. The van der Waals surface area contributed by atoms with Gasteiger partial charge in [0.15, 0.2) is 0 Å². The maximum Gasteiger partial charge on any atom is 0.0938 e. The zero-order valence-electron chi connectivity index (χ0n) is 10.4. The Labute approximate surface area is 101 Å². The minimum Gasteiger partial charge on any atom is -0.392 e. The third-order valence-corrected chi connectivity index (χ3v) is 2.65. The molecule has 0 aliphatic rings. The third kappa shape index (κ3) is 2.22. The smallest absolute Gasteiger partial charge is 0.0938 e. The molecular formula is C13H17N3O. The third-order valence-electron chi connectivity index (χ3n) is 2.65. The molecule has 4 heteroatoms. The van der Waals surface area contributed by atoms with Gasteiger partial charge < -0.3 is 5.11 Å². The van der Waals surface area contributed by atoms with Crippen LogP contribution in [0.25, 0.3) is 11.4 Å². The Morgan fingerprint density at radius 3 is 2.82 bits per heavy atom. The molecule has 2 heterocycles. The van der Waals surface area contributed by atoms with Crippen molar-refractivity contribution < 1.29 is 5.11 Å². The van der Waals surface area contributed by atoms with Crippen LogP contribution in [-0.4, -0.2) is 19.9 Å². The average molecular weight is 231 g/mol. The van der Waals surface area contributed by atoms with E-state index in [0.717, 1.165) is 22.6 Å². The van der Waals surface area contributed by atoms with E-state index in [1.54, 1.807) is 6.20 Å². The van der Waals surface area contributed by atoms with E-state index in [9.17, 15) is 5.11 Å². The van der Waals surface area contributed by atoms with Crippen LogP contribution in [0.5, 0.6) is 0 Å². The van der Waals surface area contributed by atoms with Crippen molar-refractivity contribution >= 4 is 0 Å². The normalized spacial score (nSPS) is 11.1. The highest BCUT2D eigenvalue weighted by Crippen LogP contribution is 2.24. The number of nitrogens with zero attached hydrogens (tertiary/aromatic N) is 3. The number of pyridine rings is 1. The van der Waals surface area contributed by atoms with Gasteiger partial charge in [-0.1, -0.05) is 6.07 Å². The molecule has 0 amide bonds. The van der Waals surface area contributed by atoms with Crippen LogP contribution in [0.4, 0.5) is 0 Å². The fraction of sp³-hybridized carbons (Fsp3) is 0.385. The molecule has 0 aromatic carbocycles. The maximum atomic E-state index is 9.35. The minimum absolute atomic E-state index is 0.00844. The molecule has 17 heavy (non-hydrogen) atoms. The van der Waals surface area contributed by atoms with Crippen molar-refractivity contribution in [3.05, 3.63) is 35.7 Å². The van der Waals surface area contributed by atoms with Crippen LogP contribution >= 0.6 is 0 Å². The van der Waals surface area contributed by atoms with E-state index in [0.29, 0.717) is 0 Å². The molecule has 2 aromatic heterocycles. The largest absolute Gasteiger partial charge is 0.392 e. The van der Waals surface area contributed by atoms with Gasteiger partial charge in [-0.05, 0) is 32.9 Å². The van der Waals surface area contributed by atoms with Gasteiger partial charge in [0.05, 0.1) is 23.7 Å². The second kappa shape index (κ2) is 4.67. The molecule has 0 spiro atoms. The summed E-state index contributed by atoms with van der Waals surface area (Å²) in [6.45, 7) is 6.12. The molecule has 0 atom stereocenters. The van der Waals surface area contributed by atoms with E-state index >= 15 is 0 Å². The summed E-state index contributed by atoms with van der Waals surface area (Å²) in [6, 6.07) is 5.99. The van der Waals surface area contributed by atoms with E-state index < -0.39 is 0 Å². The summed E-state index contributed by atoms with van der Waals surface area (Å²) in [6.07, 6.45) is 1.74. The monoisotopic (exact) mass is 231 g/mol. The van der Waals surface area contributed by atoms with Gasteiger partial charge in [-0.25, -0.2) is 0 Å². The quantitative estimate of drug-likeness (QED) is 0.882. The number of hydrogen-bond acceptors (Lipinski definition) is 3. The fourth-order valence-corrected chi connectivity index (χ4v) is 1.88. The molecule has 2 aromatic rings. The highest BCUT2D eigenvalue weighted by atomic mass is 16.3. The van der Waals surface area contributed by atoms with Crippen LogP contribution in [0.15, 0.2) is 24.4 Å². The summed E-state index contributed by atoms with van der Waals surface area (Å²) in [4.78, 5) is 4.36. The zero-order chi connectivity index (χ0) is 12.4. The molecule has 0 aliphatic carbocycles. The lowest BCUT2D eigenvalue weighted by atomic mass is 10.1. The van der Waals surface area contributed by atoms with Crippen molar-refractivity contribution in [2.75, 3.05) is 0 Å². The van der Waals surface area contributed by atoms with Crippen molar-refractivity contribution in [2.45, 2.75) is 33.4 Å². The summed E-state index contributed by atoms with van der Waals surface area (Å²) in [5.41, 5.74) is 3.56. The molecular weight excluding hydrogens is 214 g/mol. The Kier molecular flexibility index (Phi) is 3.24. The number of aliphatic hydroxyl groups is 1. The first kappa shape index (κ1) is 11.8. The molecule has 0 bridgehead atoms. The first-order valence-corrected chi connectivity index (χ1v) is 5.74. The highest BCUT2D eigenvalue weighted by Gasteiger charge is 2.14. The molecule has 0 aliphatic heterocycles. The molecule has 0 unspecified atom stereocenters. The van der Waals surface area contributed by atoms with Gasteiger partial charge in [-0.2, -0.15) is 5.10 Å². The first-order valence-electron chi connectivity index (χ1n) is 5.74. The van der Waals surface area contributed by atoms with E-state index in [1.807, 2.05) is 29.8 Å². The van der Waals surface area contributed by atoms with E-state index in [1.165, 1.54) is 0 Å². The lowest BCUT2D eigenvalue weighted by molar-refractivity contribution is 0.282. The highest BCUT2D eigenvalue weighted by molar-refractivity contribution is 5.59. The molecule has 4 nitrogen and oxygen atoms in total. The van der Waals surface area contributed by atoms with Crippen molar-refractivity contribution in [1.29, 1.82) is 0 Å². The van der Waals surface area contributed by atoms with Gasteiger partial charge in [0.2, 0.25) is 0 Å². The number of aromatic nitrogens is 3. The van der Waals surface area contributed by atoms with Crippen molar-refractivity contribution in [3.8, 4) is 11.4 Å². The number of rotatable bonds is 3. The average Bonchev–Trinajstić information content (AvgIpc) is 2.71. The fourth-order valence-electron chi connectivity index (χ4n) is 1.88. The van der Waals surface area contributed by atoms with Gasteiger partial charge in [0.1, 0.15) is 0 Å². The van der Waals surface area contributed by atoms with Gasteiger partial charge in [-0.15, -0.1) is 0 Å². The van der Waals surface area contributed by atoms with Crippen molar-refractivity contribution in [1.82, 2.24) is 14.8 Å². The van der Waals surface area contributed by atoms with E-state index in [4.69, 9.17) is 0 Å². The summed E-state index contributed by atoms with van der Waals surface area (Å²) in [5, 5.41) is 13.8. The summed E-state index contributed by atoms with van der Waals surface area (Å²) < 4.78 is 1.94. The SMILES string of the molecule is Cc1cc(-c2ncccc2CO)n(C(C)C)n1. The van der Waals surface area contributed by atoms with Gasteiger partial charge in [0, 0.05) is 17.8 Å². The van der Waals surface area contributed by atoms with Crippen LogP contribution in [0, 0.1) is 6.92 Å². The molecule has 2 rings (SSSR count). The van der Waals surface area contributed by atoms with Crippen LogP contribution in [0.3, 0.4) is 0 Å². The molecule has 0 saturated heterocycles. The van der Waals surface area contributed by atoms with Crippen molar-refractivity contribution in [3.63, 3.8) is 0 Å². The van der Waals surface area contributed by atoms with Crippen LogP contribution in [0.1, 0.15) is 31.1 Å². The number of hydrogen-bond donors (Lipinski definition) is 1. The second-order valence-electron chi connectivity index (χ2n) is 4.38. The van der Waals surface area contributed by atoms with Crippen molar-refractivity contribution in [2.24, 2.45) is 0 Å². The predicted octanol–water partition coefficient (Wildman–Crippen LogP) is 2.33. The summed E-state index contributed by atoms with van der Waals surface area (Å²) in [5.74, 6) is 0. The van der Waals surface area contributed by atoms with Crippen LogP contribution in [-0.2, 0) is 6.61 Å². The minimum atomic E-state index is -0.00844. The number of aryl methyl sites for hydroxylation is 1. The van der Waals surface area contributed by atoms with Crippen LogP contribution in [0.2, 0.25) is 0 Å². The zero-order valence-corrected chi connectivity index (χ0v) is 10.4. The Bertz CT molecular complexity index is 517. The molecule has 0 saturated carbocycles. The van der Waals surface area contributed by atoms with Gasteiger partial charge in [0.25, 0.3) is 0 Å². The number of aliphatic hydroxyl groups excluding tert-OH is 1. The summed E-state index contributed by atoms with van der Waals surface area (Å²) >= 11 is 0. The maximum absolute atomic E-state index is 9.35. The Hall–Kier alpha value is -1.68. The Balaban J connectivity index is 2.59.